The summed E-state index contributed by atoms with van der Waals surface area (Å²) in [6.45, 7) is 11.7. The Kier molecular flexibility index (Phi) is 7.64. The van der Waals surface area contributed by atoms with E-state index in [-0.39, 0.29) is 22.8 Å². The molecule has 2 aliphatic heterocycles. The molecule has 3 atom stereocenters. The SMILES string of the molecule is CC1(C)Oc2ccccc2[C@@H](/C=[N+](/[O-])O)C1C=[N+]1CCC[C@H]1C(O[Si](C)(C)C)(c1ccccc1)c1ccccc1. The number of fused-ring (bicyclic) bond motifs is 1. The van der Waals surface area contributed by atoms with Gasteiger partial charge in [0.2, 0.25) is 6.21 Å². The minimum atomic E-state index is -2.07. The summed E-state index contributed by atoms with van der Waals surface area (Å²) in [5, 5.41) is 21.8. The van der Waals surface area contributed by atoms with Gasteiger partial charge in [-0.1, -0.05) is 78.9 Å². The smallest absolute Gasteiger partial charge is 0.218 e. The van der Waals surface area contributed by atoms with E-state index < -0.39 is 19.5 Å². The fourth-order valence-corrected chi connectivity index (χ4v) is 7.95. The minimum Gasteiger partial charge on any atom is -0.487 e. The molecule has 7 heteroatoms. The zero-order chi connectivity index (χ0) is 28.5. The molecule has 0 bridgehead atoms. The van der Waals surface area contributed by atoms with Crippen molar-refractivity contribution in [3.05, 3.63) is 107 Å². The van der Waals surface area contributed by atoms with Crippen LogP contribution in [0, 0.1) is 11.1 Å². The molecule has 0 radical (unpaired) electrons. The van der Waals surface area contributed by atoms with Crippen LogP contribution in [0.3, 0.4) is 0 Å². The van der Waals surface area contributed by atoms with Gasteiger partial charge in [-0.3, -0.25) is 5.21 Å². The first kappa shape index (κ1) is 28.1. The highest BCUT2D eigenvalue weighted by Crippen LogP contribution is 2.46. The molecule has 0 saturated carbocycles. The predicted molar refractivity (Wildman–Crippen MR) is 161 cm³/mol. The van der Waals surface area contributed by atoms with Crippen molar-refractivity contribution in [2.24, 2.45) is 5.92 Å². The zero-order valence-electron chi connectivity index (χ0n) is 24.2. The highest BCUT2D eigenvalue weighted by Gasteiger charge is 2.55. The van der Waals surface area contributed by atoms with Crippen LogP contribution in [0.25, 0.3) is 0 Å². The third-order valence-corrected chi connectivity index (χ3v) is 9.05. The molecule has 1 N–H and O–H groups in total. The molecule has 40 heavy (non-hydrogen) atoms. The van der Waals surface area contributed by atoms with Crippen LogP contribution in [0.5, 0.6) is 5.75 Å². The topological polar surface area (TPSA) is 67.8 Å². The van der Waals surface area contributed by atoms with Gasteiger partial charge in [0, 0.05) is 23.3 Å². The normalized spacial score (nSPS) is 24.0. The first-order chi connectivity index (χ1) is 19.0. The van der Waals surface area contributed by atoms with Crippen molar-refractivity contribution < 1.29 is 23.8 Å². The van der Waals surface area contributed by atoms with Gasteiger partial charge in [0.05, 0.1) is 11.8 Å². The maximum absolute atomic E-state index is 12.0. The fraction of sp³-hybridized carbons (Fsp3) is 0.394. The van der Waals surface area contributed by atoms with E-state index in [0.717, 1.165) is 41.8 Å². The highest BCUT2D eigenvalue weighted by molar-refractivity contribution is 6.69. The Hall–Kier alpha value is -3.42. The second-order valence-electron chi connectivity index (χ2n) is 12.5. The monoisotopic (exact) mass is 557 g/mol. The van der Waals surface area contributed by atoms with Gasteiger partial charge in [-0.25, -0.2) is 4.58 Å². The van der Waals surface area contributed by atoms with E-state index in [4.69, 9.17) is 9.16 Å². The van der Waals surface area contributed by atoms with Gasteiger partial charge in [-0.2, -0.15) is 0 Å². The maximum atomic E-state index is 12.0. The number of ether oxygens (including phenoxy) is 1. The van der Waals surface area contributed by atoms with E-state index >= 15 is 0 Å². The van der Waals surface area contributed by atoms with Crippen molar-refractivity contribution in [2.75, 3.05) is 6.54 Å². The Morgan fingerprint density at radius 1 is 0.975 bits per heavy atom. The van der Waals surface area contributed by atoms with Gasteiger partial charge in [-0.05, 0) is 50.7 Å². The van der Waals surface area contributed by atoms with Crippen molar-refractivity contribution in [2.45, 2.75) is 69.5 Å². The molecule has 1 fully saturated rings. The second kappa shape index (κ2) is 10.9. The molecular weight excluding hydrogens is 516 g/mol. The van der Waals surface area contributed by atoms with Gasteiger partial charge in [0.1, 0.15) is 24.1 Å². The van der Waals surface area contributed by atoms with Gasteiger partial charge >= 0.3 is 0 Å². The Labute approximate surface area is 238 Å². The first-order valence-corrected chi connectivity index (χ1v) is 17.6. The van der Waals surface area contributed by atoms with Crippen molar-refractivity contribution >= 4 is 20.7 Å². The molecule has 0 amide bonds. The van der Waals surface area contributed by atoms with Crippen LogP contribution in [-0.4, -0.2) is 53.6 Å². The molecule has 1 unspecified atom stereocenters. The molecule has 210 valence electrons. The van der Waals surface area contributed by atoms with E-state index in [2.05, 4.69) is 105 Å². The van der Waals surface area contributed by atoms with E-state index in [1.165, 1.54) is 6.21 Å². The molecule has 5 rings (SSSR count). The third-order valence-electron chi connectivity index (χ3n) is 8.12. The Morgan fingerprint density at radius 2 is 1.55 bits per heavy atom. The van der Waals surface area contributed by atoms with Crippen molar-refractivity contribution in [3.63, 3.8) is 0 Å². The minimum absolute atomic E-state index is 0.0233. The van der Waals surface area contributed by atoms with Gasteiger partial charge < -0.3 is 14.4 Å². The Bertz CT molecular complexity index is 1340. The van der Waals surface area contributed by atoms with E-state index in [9.17, 15) is 10.4 Å². The number of hydrogen-bond acceptors (Lipinski definition) is 4. The Balaban J connectivity index is 1.71. The summed E-state index contributed by atoms with van der Waals surface area (Å²) in [5.41, 5.74) is 1.87. The van der Waals surface area contributed by atoms with Gasteiger partial charge in [-0.15, -0.1) is 0 Å². The van der Waals surface area contributed by atoms with Crippen LogP contribution < -0.4 is 4.74 Å². The molecule has 3 aromatic rings. The van der Waals surface area contributed by atoms with Crippen LogP contribution in [0.2, 0.25) is 19.6 Å². The maximum Gasteiger partial charge on any atom is 0.218 e. The molecule has 1 saturated heterocycles. The average molecular weight is 558 g/mol. The summed E-state index contributed by atoms with van der Waals surface area (Å²) >= 11 is 0. The summed E-state index contributed by atoms with van der Waals surface area (Å²) in [5.74, 6) is 0.176. The Morgan fingerprint density at radius 3 is 2.12 bits per heavy atom. The lowest BCUT2D eigenvalue weighted by Gasteiger charge is -2.43. The van der Waals surface area contributed by atoms with Crippen LogP contribution in [0.15, 0.2) is 84.9 Å². The largest absolute Gasteiger partial charge is 0.487 e. The van der Waals surface area contributed by atoms with Crippen molar-refractivity contribution in [3.8, 4) is 5.75 Å². The zero-order valence-corrected chi connectivity index (χ0v) is 25.2. The van der Waals surface area contributed by atoms with Crippen LogP contribution in [-0.2, 0) is 10.0 Å². The second-order valence-corrected chi connectivity index (χ2v) is 16.9. The number of nitrogens with zero attached hydrogens (tertiary/aromatic N) is 2. The first-order valence-electron chi connectivity index (χ1n) is 14.2. The number of para-hydroxylation sites is 1. The standard InChI is InChI=1S/C33H41N2O4Si/c1-32(2)29(28(23-35(36)37)27-19-12-13-20-30(27)38-32)24-34-22-14-21-31(34)33(39-40(3,4)5,25-15-8-6-9-16-25)26-17-10-7-11-18-26/h6-13,15-20,23-24,28-29,31H,14,21-22H2,1-5H3,(H,36,37)/q+1/t28-,29?,31+/m1/s1. The van der Waals surface area contributed by atoms with Crippen molar-refractivity contribution in [1.29, 1.82) is 0 Å². The molecule has 0 aromatic heterocycles. The van der Waals surface area contributed by atoms with E-state index in [0.29, 0.717) is 0 Å². The highest BCUT2D eigenvalue weighted by atomic mass is 28.4. The molecule has 3 aromatic carbocycles. The van der Waals surface area contributed by atoms with Crippen LogP contribution in [0.4, 0.5) is 0 Å². The summed E-state index contributed by atoms with van der Waals surface area (Å²) < 4.78 is 16.3. The fourth-order valence-electron chi connectivity index (χ4n) is 6.61. The summed E-state index contributed by atoms with van der Waals surface area (Å²) in [6.07, 6.45) is 5.59. The predicted octanol–water partition coefficient (Wildman–Crippen LogP) is 6.57. The summed E-state index contributed by atoms with van der Waals surface area (Å²) in [7, 11) is -2.07. The quantitative estimate of drug-likeness (QED) is 0.0891. The number of benzene rings is 3. The lowest BCUT2D eigenvalue weighted by atomic mass is 9.74. The molecule has 2 aliphatic rings. The molecular formula is C33H41N2O4Si+. The summed E-state index contributed by atoms with van der Waals surface area (Å²) in [4.78, 5) is -0.0578. The average Bonchev–Trinajstić information content (AvgIpc) is 3.38. The van der Waals surface area contributed by atoms with Crippen LogP contribution in [0.1, 0.15) is 49.3 Å². The third kappa shape index (κ3) is 5.45. The van der Waals surface area contributed by atoms with E-state index in [1.807, 2.05) is 24.3 Å². The number of rotatable bonds is 7. The van der Waals surface area contributed by atoms with E-state index in [1.54, 1.807) is 0 Å². The van der Waals surface area contributed by atoms with Crippen molar-refractivity contribution in [1.82, 2.24) is 0 Å². The lowest BCUT2D eigenvalue weighted by molar-refractivity contribution is -0.723. The van der Waals surface area contributed by atoms with Crippen LogP contribution >= 0.6 is 0 Å². The molecule has 0 spiro atoms. The summed E-state index contributed by atoms with van der Waals surface area (Å²) in [6, 6.07) is 29.0. The number of hydrogen-bond donors (Lipinski definition) is 1. The molecule has 2 heterocycles. The van der Waals surface area contributed by atoms with Gasteiger partial charge in [0.15, 0.2) is 20.0 Å². The lowest BCUT2D eigenvalue weighted by Crippen LogP contribution is -2.54. The van der Waals surface area contributed by atoms with Gasteiger partial charge in [0.25, 0.3) is 0 Å². The molecule has 0 aliphatic carbocycles. The molecule has 6 nitrogen and oxygen atoms in total.